The number of allylic oxidation sites excluding steroid dienone is 1. The van der Waals surface area contributed by atoms with Crippen molar-refractivity contribution in [3.63, 3.8) is 0 Å². The average Bonchev–Trinajstić information content (AvgIpc) is 2.91. The topological polar surface area (TPSA) is 55.8 Å². The Hall–Kier alpha value is -0.813. The zero-order valence-electron chi connectivity index (χ0n) is 20.8. The van der Waals surface area contributed by atoms with Crippen LogP contribution in [0.3, 0.4) is 0 Å². The SMILES string of the molecule is CCCCCCCCCCCCC/C(O)=C1/C(=O)O[C@@H](C)[C@H]1O[Si](C)(C)C(C)(C)C. The Morgan fingerprint density at radius 1 is 0.967 bits per heavy atom. The van der Waals surface area contributed by atoms with Gasteiger partial charge in [0.15, 0.2) is 8.32 Å². The fourth-order valence-corrected chi connectivity index (χ4v) is 4.97. The maximum atomic E-state index is 12.4. The van der Waals surface area contributed by atoms with Crippen LogP contribution in [-0.2, 0) is 14.0 Å². The Balaban J connectivity index is 2.43. The highest BCUT2D eigenvalue weighted by molar-refractivity contribution is 6.74. The molecule has 1 fully saturated rings. The lowest BCUT2D eigenvalue weighted by Crippen LogP contribution is -2.46. The number of esters is 1. The number of hydrogen-bond acceptors (Lipinski definition) is 4. The average molecular weight is 441 g/mol. The number of unbranched alkanes of at least 4 members (excludes halogenated alkanes) is 10. The summed E-state index contributed by atoms with van der Waals surface area (Å²) in [5.74, 6) is -0.240. The summed E-state index contributed by atoms with van der Waals surface area (Å²) < 4.78 is 11.9. The van der Waals surface area contributed by atoms with E-state index in [4.69, 9.17) is 9.16 Å². The number of ether oxygens (including phenoxy) is 1. The van der Waals surface area contributed by atoms with E-state index in [1.807, 2.05) is 6.92 Å². The highest BCUT2D eigenvalue weighted by Gasteiger charge is 2.47. The molecule has 0 saturated carbocycles. The lowest BCUT2D eigenvalue weighted by atomic mass is 10.0. The number of hydrogen-bond donors (Lipinski definition) is 1. The van der Waals surface area contributed by atoms with Gasteiger partial charge >= 0.3 is 5.97 Å². The minimum Gasteiger partial charge on any atom is -0.512 e. The molecule has 0 amide bonds. The fraction of sp³-hybridized carbons (Fsp3) is 0.880. The van der Waals surface area contributed by atoms with E-state index < -0.39 is 20.4 Å². The zero-order valence-corrected chi connectivity index (χ0v) is 21.8. The first-order chi connectivity index (χ1) is 14.0. The summed E-state index contributed by atoms with van der Waals surface area (Å²) >= 11 is 0. The van der Waals surface area contributed by atoms with E-state index in [9.17, 15) is 9.90 Å². The third-order valence-corrected chi connectivity index (χ3v) is 11.2. The van der Waals surface area contributed by atoms with Gasteiger partial charge in [-0.05, 0) is 31.5 Å². The molecule has 5 heteroatoms. The number of carbonyl (C=O) groups is 1. The Morgan fingerprint density at radius 2 is 1.43 bits per heavy atom. The van der Waals surface area contributed by atoms with Gasteiger partial charge in [0.05, 0.1) is 0 Å². The molecule has 1 heterocycles. The van der Waals surface area contributed by atoms with Gasteiger partial charge in [-0.3, -0.25) is 0 Å². The van der Waals surface area contributed by atoms with E-state index in [2.05, 4.69) is 40.8 Å². The molecule has 176 valence electrons. The molecule has 0 aliphatic carbocycles. The Kier molecular flexibility index (Phi) is 11.7. The van der Waals surface area contributed by atoms with E-state index in [1.165, 1.54) is 57.8 Å². The van der Waals surface area contributed by atoms with Gasteiger partial charge in [0, 0.05) is 6.42 Å². The number of rotatable bonds is 14. The van der Waals surface area contributed by atoms with Gasteiger partial charge in [0.25, 0.3) is 0 Å². The standard InChI is InChI=1S/C25H48O4Si/c1-8-9-10-11-12-13-14-15-16-17-18-19-21(26)22-23(20(2)28-24(22)27)29-30(6,7)25(3,4)5/h20,23,26H,8-19H2,1-7H3/b22-21-/t20-,23+/m0/s1. The molecular formula is C25H48O4Si. The summed E-state index contributed by atoms with van der Waals surface area (Å²) in [4.78, 5) is 12.4. The van der Waals surface area contributed by atoms with E-state index in [0.717, 1.165) is 12.8 Å². The second-order valence-electron chi connectivity index (χ2n) is 10.6. The van der Waals surface area contributed by atoms with Crippen LogP contribution < -0.4 is 0 Å². The maximum absolute atomic E-state index is 12.4. The van der Waals surface area contributed by atoms with Crippen molar-refractivity contribution < 1.29 is 19.1 Å². The van der Waals surface area contributed by atoms with Crippen LogP contribution in [0.15, 0.2) is 11.3 Å². The molecule has 0 aromatic carbocycles. The van der Waals surface area contributed by atoms with Crippen LogP contribution in [0.5, 0.6) is 0 Å². The third-order valence-electron chi connectivity index (χ3n) is 6.78. The zero-order chi connectivity index (χ0) is 22.8. The van der Waals surface area contributed by atoms with Crippen molar-refractivity contribution in [1.29, 1.82) is 0 Å². The summed E-state index contributed by atoms with van der Waals surface area (Å²) in [5, 5.41) is 10.7. The van der Waals surface area contributed by atoms with Gasteiger partial charge in [0.1, 0.15) is 23.5 Å². The molecule has 1 saturated heterocycles. The smallest absolute Gasteiger partial charge is 0.340 e. The first kappa shape index (κ1) is 27.2. The molecule has 0 unspecified atom stereocenters. The van der Waals surface area contributed by atoms with Gasteiger partial charge in [-0.2, -0.15) is 0 Å². The monoisotopic (exact) mass is 440 g/mol. The molecule has 2 atom stereocenters. The normalized spacial score (nSPS) is 21.8. The van der Waals surface area contributed by atoms with Crippen LogP contribution in [0.1, 0.15) is 112 Å². The van der Waals surface area contributed by atoms with Crippen molar-refractivity contribution in [3.8, 4) is 0 Å². The molecule has 0 radical (unpaired) electrons. The van der Waals surface area contributed by atoms with Gasteiger partial charge in [-0.25, -0.2) is 4.79 Å². The van der Waals surface area contributed by atoms with Crippen LogP contribution in [0.25, 0.3) is 0 Å². The molecule has 0 aromatic heterocycles. The predicted octanol–water partition coefficient (Wildman–Crippen LogP) is 7.84. The molecule has 1 aliphatic heterocycles. The Morgan fingerprint density at radius 3 is 1.90 bits per heavy atom. The molecule has 1 N–H and O–H groups in total. The number of cyclic esters (lactones) is 1. The highest BCUT2D eigenvalue weighted by atomic mass is 28.4. The number of aliphatic hydroxyl groups is 1. The van der Waals surface area contributed by atoms with E-state index in [-0.39, 0.29) is 16.9 Å². The summed E-state index contributed by atoms with van der Waals surface area (Å²) in [5.41, 5.74) is 0.361. The van der Waals surface area contributed by atoms with Crippen LogP contribution in [0.2, 0.25) is 18.1 Å². The van der Waals surface area contributed by atoms with Crippen molar-refractivity contribution in [3.05, 3.63) is 11.3 Å². The van der Waals surface area contributed by atoms with Gasteiger partial charge in [-0.15, -0.1) is 0 Å². The summed E-state index contributed by atoms with van der Waals surface area (Å²) in [6.07, 6.45) is 13.6. The van der Waals surface area contributed by atoms with Crippen molar-refractivity contribution in [2.75, 3.05) is 0 Å². The molecular weight excluding hydrogens is 392 g/mol. The van der Waals surface area contributed by atoms with E-state index in [0.29, 0.717) is 12.0 Å². The van der Waals surface area contributed by atoms with Gasteiger partial charge in [0.2, 0.25) is 0 Å². The predicted molar refractivity (Wildman–Crippen MR) is 128 cm³/mol. The Labute approximate surface area is 186 Å². The molecule has 30 heavy (non-hydrogen) atoms. The number of carbonyl (C=O) groups excluding carboxylic acids is 1. The first-order valence-electron chi connectivity index (χ1n) is 12.3. The quantitative estimate of drug-likeness (QED) is 0.0982. The largest absolute Gasteiger partial charge is 0.512 e. The van der Waals surface area contributed by atoms with Gasteiger partial charge in [-0.1, -0.05) is 91.9 Å². The fourth-order valence-electron chi connectivity index (χ4n) is 3.67. The van der Waals surface area contributed by atoms with Crippen molar-refractivity contribution in [1.82, 2.24) is 0 Å². The molecule has 4 nitrogen and oxygen atoms in total. The first-order valence-corrected chi connectivity index (χ1v) is 15.2. The summed E-state index contributed by atoms with van der Waals surface area (Å²) in [7, 11) is -2.07. The van der Waals surface area contributed by atoms with E-state index in [1.54, 1.807) is 0 Å². The van der Waals surface area contributed by atoms with Crippen LogP contribution in [0, 0.1) is 0 Å². The summed E-state index contributed by atoms with van der Waals surface area (Å²) in [6, 6.07) is 0. The van der Waals surface area contributed by atoms with Gasteiger partial charge < -0.3 is 14.3 Å². The molecule has 0 aromatic rings. The second kappa shape index (κ2) is 12.9. The highest BCUT2D eigenvalue weighted by Crippen LogP contribution is 2.40. The van der Waals surface area contributed by atoms with Crippen LogP contribution in [-0.4, -0.2) is 31.6 Å². The minimum absolute atomic E-state index is 0.0368. The molecule has 1 aliphatic rings. The van der Waals surface area contributed by atoms with E-state index >= 15 is 0 Å². The second-order valence-corrected chi connectivity index (χ2v) is 15.3. The molecule has 0 spiro atoms. The third kappa shape index (κ3) is 8.74. The van der Waals surface area contributed by atoms with Crippen molar-refractivity contribution >= 4 is 14.3 Å². The summed E-state index contributed by atoms with van der Waals surface area (Å²) in [6.45, 7) is 15.0. The lowest BCUT2D eigenvalue weighted by molar-refractivity contribution is -0.138. The van der Waals surface area contributed by atoms with Crippen molar-refractivity contribution in [2.45, 2.75) is 142 Å². The van der Waals surface area contributed by atoms with Crippen LogP contribution >= 0.6 is 0 Å². The number of aliphatic hydroxyl groups excluding tert-OH is 1. The molecule has 0 bridgehead atoms. The minimum atomic E-state index is -2.07. The lowest BCUT2D eigenvalue weighted by Gasteiger charge is -2.38. The van der Waals surface area contributed by atoms with Crippen molar-refractivity contribution in [2.24, 2.45) is 0 Å². The van der Waals surface area contributed by atoms with Crippen LogP contribution in [0.4, 0.5) is 0 Å². The molecule has 1 rings (SSSR count). The Bertz CT molecular complexity index is 548. The maximum Gasteiger partial charge on any atom is 0.340 e.